The SMILES string of the molecule is O=C(NCCc1cccc(Cl)c1)C1CC(=O)N(c2ccccc2F)C1. The quantitative estimate of drug-likeness (QED) is 0.890. The number of nitrogens with one attached hydrogen (secondary N) is 1. The van der Waals surface area contributed by atoms with Crippen LogP contribution in [0.25, 0.3) is 0 Å². The highest BCUT2D eigenvalue weighted by Gasteiger charge is 2.35. The van der Waals surface area contributed by atoms with Gasteiger partial charge in [-0.3, -0.25) is 9.59 Å². The Kier molecular flexibility index (Phi) is 5.34. The fraction of sp³-hybridized carbons (Fsp3) is 0.263. The molecule has 2 aromatic carbocycles. The van der Waals surface area contributed by atoms with E-state index in [9.17, 15) is 14.0 Å². The molecule has 1 heterocycles. The van der Waals surface area contributed by atoms with Crippen LogP contribution in [0.1, 0.15) is 12.0 Å². The van der Waals surface area contributed by atoms with E-state index in [1.165, 1.54) is 11.0 Å². The fourth-order valence-electron chi connectivity index (χ4n) is 2.95. The van der Waals surface area contributed by atoms with Gasteiger partial charge in [0.25, 0.3) is 0 Å². The molecular formula is C19H18ClFN2O2. The van der Waals surface area contributed by atoms with Crippen molar-refractivity contribution in [1.29, 1.82) is 0 Å². The summed E-state index contributed by atoms with van der Waals surface area (Å²) in [6.45, 7) is 0.659. The number of rotatable bonds is 5. The predicted octanol–water partition coefficient (Wildman–Crippen LogP) is 3.19. The third-order valence-corrected chi connectivity index (χ3v) is 4.48. The molecule has 0 spiro atoms. The largest absolute Gasteiger partial charge is 0.355 e. The van der Waals surface area contributed by atoms with Gasteiger partial charge >= 0.3 is 0 Å². The standard InChI is InChI=1S/C19H18ClFN2O2/c20-15-5-3-4-13(10-15)8-9-22-19(25)14-11-18(24)23(12-14)17-7-2-1-6-16(17)21/h1-7,10,14H,8-9,11-12H2,(H,22,25). The zero-order chi connectivity index (χ0) is 17.8. The van der Waals surface area contributed by atoms with E-state index in [0.717, 1.165) is 5.56 Å². The molecule has 0 aliphatic carbocycles. The molecule has 1 N–H and O–H groups in total. The minimum atomic E-state index is -0.466. The first-order valence-corrected chi connectivity index (χ1v) is 8.49. The average molecular weight is 361 g/mol. The van der Waals surface area contributed by atoms with Gasteiger partial charge in [-0.15, -0.1) is 0 Å². The van der Waals surface area contributed by atoms with Crippen molar-refractivity contribution in [1.82, 2.24) is 5.32 Å². The molecule has 1 atom stereocenters. The van der Waals surface area contributed by atoms with Crippen LogP contribution >= 0.6 is 11.6 Å². The van der Waals surface area contributed by atoms with Crippen LogP contribution in [0.2, 0.25) is 5.02 Å². The molecule has 1 aliphatic heterocycles. The number of hydrogen-bond donors (Lipinski definition) is 1. The predicted molar refractivity (Wildman–Crippen MR) is 95.0 cm³/mol. The summed E-state index contributed by atoms with van der Waals surface area (Å²) >= 11 is 5.93. The zero-order valence-electron chi connectivity index (χ0n) is 13.5. The first-order valence-electron chi connectivity index (χ1n) is 8.11. The van der Waals surface area contributed by atoms with Gasteiger partial charge in [0, 0.05) is 24.5 Å². The minimum absolute atomic E-state index is 0.0946. The number of halogens is 2. The molecule has 2 amide bonds. The summed E-state index contributed by atoms with van der Waals surface area (Å²) in [5, 5.41) is 3.50. The van der Waals surface area contributed by atoms with Crippen LogP contribution < -0.4 is 10.2 Å². The molecule has 2 aromatic rings. The number of nitrogens with zero attached hydrogens (tertiary/aromatic N) is 1. The van der Waals surface area contributed by atoms with Gasteiger partial charge in [0.2, 0.25) is 11.8 Å². The van der Waals surface area contributed by atoms with E-state index in [2.05, 4.69) is 5.32 Å². The van der Waals surface area contributed by atoms with Crippen LogP contribution in [0.5, 0.6) is 0 Å². The van der Waals surface area contributed by atoms with Gasteiger partial charge in [-0.1, -0.05) is 35.9 Å². The number of carbonyl (C=O) groups excluding carboxylic acids is 2. The summed E-state index contributed by atoms with van der Waals surface area (Å²) in [5.74, 6) is -1.35. The molecule has 130 valence electrons. The maximum Gasteiger partial charge on any atom is 0.227 e. The lowest BCUT2D eigenvalue weighted by molar-refractivity contribution is -0.126. The second kappa shape index (κ2) is 7.66. The topological polar surface area (TPSA) is 49.4 Å². The maximum absolute atomic E-state index is 13.9. The highest BCUT2D eigenvalue weighted by atomic mass is 35.5. The summed E-state index contributed by atoms with van der Waals surface area (Å²) < 4.78 is 13.9. The Bertz CT molecular complexity index is 796. The van der Waals surface area contributed by atoms with Crippen LogP contribution in [0.3, 0.4) is 0 Å². The van der Waals surface area contributed by atoms with Gasteiger partial charge in [-0.25, -0.2) is 4.39 Å². The van der Waals surface area contributed by atoms with Gasteiger partial charge in [0.1, 0.15) is 5.82 Å². The molecule has 25 heavy (non-hydrogen) atoms. The van der Waals surface area contributed by atoms with Crippen molar-refractivity contribution in [2.75, 3.05) is 18.0 Å². The van der Waals surface area contributed by atoms with Gasteiger partial charge in [0.05, 0.1) is 11.6 Å². The summed E-state index contributed by atoms with van der Waals surface area (Å²) in [6, 6.07) is 13.5. The summed E-state index contributed by atoms with van der Waals surface area (Å²) in [4.78, 5) is 25.8. The molecule has 1 saturated heterocycles. The van der Waals surface area contributed by atoms with E-state index < -0.39 is 11.7 Å². The minimum Gasteiger partial charge on any atom is -0.355 e. The monoisotopic (exact) mass is 360 g/mol. The molecule has 6 heteroatoms. The molecule has 1 fully saturated rings. The highest BCUT2D eigenvalue weighted by Crippen LogP contribution is 2.27. The molecule has 3 rings (SSSR count). The number of benzene rings is 2. The Labute approximate surface area is 150 Å². The average Bonchev–Trinajstić information content (AvgIpc) is 2.97. The van der Waals surface area contributed by atoms with Crippen molar-refractivity contribution in [2.24, 2.45) is 5.92 Å². The van der Waals surface area contributed by atoms with Crippen LogP contribution in [-0.2, 0) is 16.0 Å². The second-order valence-electron chi connectivity index (χ2n) is 6.03. The van der Waals surface area contributed by atoms with Crippen molar-refractivity contribution in [3.05, 3.63) is 64.9 Å². The lowest BCUT2D eigenvalue weighted by Crippen LogP contribution is -2.34. The maximum atomic E-state index is 13.9. The fourth-order valence-corrected chi connectivity index (χ4v) is 3.17. The number of hydrogen-bond acceptors (Lipinski definition) is 2. The van der Waals surface area contributed by atoms with Crippen LogP contribution in [-0.4, -0.2) is 24.9 Å². The molecule has 0 bridgehead atoms. The Balaban J connectivity index is 1.55. The lowest BCUT2D eigenvalue weighted by atomic mass is 10.1. The van der Waals surface area contributed by atoms with Gasteiger partial charge in [0.15, 0.2) is 0 Å². The summed E-state index contributed by atoms with van der Waals surface area (Å²) in [7, 11) is 0. The first-order chi connectivity index (χ1) is 12.0. The third kappa shape index (κ3) is 4.17. The summed E-state index contributed by atoms with van der Waals surface area (Å²) in [5.41, 5.74) is 1.25. The number of anilines is 1. The van der Waals surface area contributed by atoms with Crippen molar-refractivity contribution in [2.45, 2.75) is 12.8 Å². The van der Waals surface area contributed by atoms with Gasteiger partial charge in [-0.2, -0.15) is 0 Å². The van der Waals surface area contributed by atoms with E-state index in [1.807, 2.05) is 18.2 Å². The van der Waals surface area contributed by atoms with E-state index in [1.54, 1.807) is 24.3 Å². The van der Waals surface area contributed by atoms with E-state index >= 15 is 0 Å². The molecule has 0 saturated carbocycles. The smallest absolute Gasteiger partial charge is 0.227 e. The molecule has 1 unspecified atom stereocenters. The Morgan fingerprint density at radius 1 is 1.24 bits per heavy atom. The Morgan fingerprint density at radius 3 is 2.80 bits per heavy atom. The van der Waals surface area contributed by atoms with E-state index in [0.29, 0.717) is 18.0 Å². The van der Waals surface area contributed by atoms with Crippen LogP contribution in [0.4, 0.5) is 10.1 Å². The second-order valence-corrected chi connectivity index (χ2v) is 6.46. The Hall–Kier alpha value is -2.40. The highest BCUT2D eigenvalue weighted by molar-refractivity contribution is 6.30. The first kappa shape index (κ1) is 17.4. The van der Waals surface area contributed by atoms with Gasteiger partial charge < -0.3 is 10.2 Å². The number of para-hydroxylation sites is 1. The normalized spacial score (nSPS) is 17.0. The van der Waals surface area contributed by atoms with Crippen molar-refractivity contribution in [3.8, 4) is 0 Å². The van der Waals surface area contributed by atoms with Crippen LogP contribution in [0, 0.1) is 11.7 Å². The Morgan fingerprint density at radius 2 is 2.04 bits per heavy atom. The zero-order valence-corrected chi connectivity index (χ0v) is 14.3. The molecule has 4 nitrogen and oxygen atoms in total. The third-order valence-electron chi connectivity index (χ3n) is 4.24. The molecular weight excluding hydrogens is 343 g/mol. The van der Waals surface area contributed by atoms with E-state index in [4.69, 9.17) is 11.6 Å². The molecule has 0 radical (unpaired) electrons. The lowest BCUT2D eigenvalue weighted by Gasteiger charge is -2.17. The summed E-state index contributed by atoms with van der Waals surface area (Å²) in [6.07, 6.45) is 0.751. The molecule has 0 aromatic heterocycles. The number of carbonyl (C=O) groups is 2. The van der Waals surface area contributed by atoms with Gasteiger partial charge in [-0.05, 0) is 36.2 Å². The van der Waals surface area contributed by atoms with Crippen molar-refractivity contribution in [3.63, 3.8) is 0 Å². The van der Waals surface area contributed by atoms with Crippen molar-refractivity contribution < 1.29 is 14.0 Å². The molecule has 1 aliphatic rings. The van der Waals surface area contributed by atoms with Crippen LogP contribution in [0.15, 0.2) is 48.5 Å². The number of amides is 2. The van der Waals surface area contributed by atoms with E-state index in [-0.39, 0.29) is 30.5 Å². The van der Waals surface area contributed by atoms with Crippen molar-refractivity contribution >= 4 is 29.1 Å².